The maximum Gasteiger partial charge on any atom is 0.326 e. The minimum atomic E-state index is -1.00. The van der Waals surface area contributed by atoms with Crippen molar-refractivity contribution in [2.45, 2.75) is 231 Å². The second-order valence-electron chi connectivity index (χ2n) is 15.5. The number of ether oxygens (including phenoxy) is 1. The first-order valence-electron chi connectivity index (χ1n) is 23.0. The minimum Gasteiger partial charge on any atom is -0.480 e. The molecule has 0 radical (unpaired) electrons. The normalized spacial score (nSPS) is 13.1. The molecule has 2 atom stereocenters. The Morgan fingerprint density at radius 3 is 1.56 bits per heavy atom. The van der Waals surface area contributed by atoms with Crippen molar-refractivity contribution in [2.24, 2.45) is 5.73 Å². The van der Waals surface area contributed by atoms with Gasteiger partial charge >= 0.3 is 11.9 Å². The SMILES string of the molecule is CCCCC/C=C\C/C=C\C/C=C\CCCCCCCCC(=O)OC(/C=C\CCCCCCCCC)CCCCCCCCC(=O)NC(CCCN)C(=O)O. The standard InChI is InChI=1S/C48H86N2O5/c1-3-5-7-9-11-13-14-15-16-17-18-19-20-21-22-24-26-32-36-42-47(52)55-44(38-33-29-25-23-12-10-8-6-4-2)39-34-30-27-28-31-35-41-46(51)50-45(48(53)54)40-37-43-49/h11,13,15-16,18-19,33,38,44-45H,3-10,12,14,17,20-32,34-37,39-43,49H2,1-2H3,(H,50,51)(H,53,54)/b13-11-,16-15-,19-18-,38-33-. The maximum absolute atomic E-state index is 12.8. The molecule has 0 spiro atoms. The van der Waals surface area contributed by atoms with Crippen LogP contribution in [0, 0.1) is 0 Å². The number of hydrogen-bond acceptors (Lipinski definition) is 5. The van der Waals surface area contributed by atoms with Gasteiger partial charge < -0.3 is 20.9 Å². The van der Waals surface area contributed by atoms with Crippen LogP contribution in [-0.4, -0.2) is 41.6 Å². The number of carbonyl (C=O) groups is 3. The highest BCUT2D eigenvalue weighted by molar-refractivity contribution is 5.83. The van der Waals surface area contributed by atoms with E-state index in [9.17, 15) is 19.5 Å². The molecule has 4 N–H and O–H groups in total. The van der Waals surface area contributed by atoms with Crippen molar-refractivity contribution >= 4 is 17.8 Å². The monoisotopic (exact) mass is 771 g/mol. The number of nitrogens with two attached hydrogens (primary N) is 1. The van der Waals surface area contributed by atoms with Gasteiger partial charge in [-0.3, -0.25) is 9.59 Å². The summed E-state index contributed by atoms with van der Waals surface area (Å²) in [4.78, 5) is 36.3. The zero-order valence-corrected chi connectivity index (χ0v) is 35.8. The lowest BCUT2D eigenvalue weighted by Crippen LogP contribution is -2.40. The van der Waals surface area contributed by atoms with E-state index in [1.807, 2.05) is 0 Å². The highest BCUT2D eigenvalue weighted by Gasteiger charge is 2.18. The average Bonchev–Trinajstić information content (AvgIpc) is 3.17. The third-order valence-electron chi connectivity index (χ3n) is 10.1. The molecule has 0 aromatic heterocycles. The Labute approximate surface area is 338 Å². The van der Waals surface area contributed by atoms with Gasteiger partial charge in [-0.15, -0.1) is 0 Å². The van der Waals surface area contributed by atoms with E-state index in [-0.39, 0.29) is 18.0 Å². The van der Waals surface area contributed by atoms with Crippen LogP contribution in [0.4, 0.5) is 0 Å². The van der Waals surface area contributed by atoms with Gasteiger partial charge in [0.05, 0.1) is 0 Å². The Morgan fingerprint density at radius 2 is 1.00 bits per heavy atom. The minimum absolute atomic E-state index is 0.0702. The number of nitrogens with one attached hydrogen (secondary N) is 1. The fourth-order valence-electron chi connectivity index (χ4n) is 6.60. The number of unbranched alkanes of at least 4 members (excludes halogenated alkanes) is 21. The van der Waals surface area contributed by atoms with Gasteiger partial charge in [0.2, 0.25) is 5.91 Å². The van der Waals surface area contributed by atoms with E-state index in [1.165, 1.54) is 96.3 Å². The Balaban J connectivity index is 4.26. The number of allylic oxidation sites excluding steroid dienone is 7. The van der Waals surface area contributed by atoms with E-state index in [1.54, 1.807) is 0 Å². The molecule has 0 aliphatic carbocycles. The largest absolute Gasteiger partial charge is 0.480 e. The summed E-state index contributed by atoms with van der Waals surface area (Å²) in [5.74, 6) is -1.28. The van der Waals surface area contributed by atoms with Gasteiger partial charge in [-0.05, 0) is 103 Å². The molecule has 0 saturated heterocycles. The molecule has 0 rings (SSSR count). The number of aliphatic carboxylic acids is 1. The number of amides is 1. The second-order valence-corrected chi connectivity index (χ2v) is 15.5. The Bertz CT molecular complexity index is 1000. The summed E-state index contributed by atoms with van der Waals surface area (Å²) in [6.45, 7) is 4.91. The Morgan fingerprint density at radius 1 is 0.545 bits per heavy atom. The third-order valence-corrected chi connectivity index (χ3v) is 10.1. The highest BCUT2D eigenvalue weighted by Crippen LogP contribution is 2.16. The van der Waals surface area contributed by atoms with Crippen molar-refractivity contribution in [2.75, 3.05) is 6.54 Å². The molecule has 0 bridgehead atoms. The van der Waals surface area contributed by atoms with Crippen LogP contribution in [0.25, 0.3) is 0 Å². The summed E-state index contributed by atoms with van der Waals surface area (Å²) < 4.78 is 5.97. The predicted molar refractivity (Wildman–Crippen MR) is 234 cm³/mol. The molecule has 0 aliphatic heterocycles. The summed E-state index contributed by atoms with van der Waals surface area (Å²) >= 11 is 0. The van der Waals surface area contributed by atoms with Gasteiger partial charge in [0, 0.05) is 12.8 Å². The van der Waals surface area contributed by atoms with Crippen LogP contribution >= 0.6 is 0 Å². The molecule has 318 valence electrons. The number of esters is 1. The van der Waals surface area contributed by atoms with Crippen LogP contribution in [0.1, 0.15) is 219 Å². The smallest absolute Gasteiger partial charge is 0.326 e. The molecule has 7 heteroatoms. The zero-order valence-electron chi connectivity index (χ0n) is 35.8. The summed E-state index contributed by atoms with van der Waals surface area (Å²) in [7, 11) is 0. The van der Waals surface area contributed by atoms with Crippen LogP contribution in [0.5, 0.6) is 0 Å². The second kappa shape index (κ2) is 42.5. The topological polar surface area (TPSA) is 119 Å². The Kier molecular flexibility index (Phi) is 40.4. The quantitative estimate of drug-likeness (QED) is 0.0324. The predicted octanol–water partition coefficient (Wildman–Crippen LogP) is 13.2. The van der Waals surface area contributed by atoms with E-state index in [0.717, 1.165) is 83.5 Å². The number of carbonyl (C=O) groups excluding carboxylic acids is 2. The van der Waals surface area contributed by atoms with Crippen molar-refractivity contribution in [3.05, 3.63) is 48.6 Å². The molecule has 0 aliphatic rings. The number of carboxylic acids is 1. The van der Waals surface area contributed by atoms with Crippen LogP contribution in [0.2, 0.25) is 0 Å². The van der Waals surface area contributed by atoms with E-state index in [2.05, 4.69) is 67.8 Å². The summed E-state index contributed by atoms with van der Waals surface area (Å²) in [6, 6.07) is -0.855. The van der Waals surface area contributed by atoms with Gasteiger partial charge in [-0.2, -0.15) is 0 Å². The van der Waals surface area contributed by atoms with E-state index < -0.39 is 12.0 Å². The van der Waals surface area contributed by atoms with Crippen molar-refractivity contribution in [3.8, 4) is 0 Å². The molecule has 0 aromatic carbocycles. The lowest BCUT2D eigenvalue weighted by molar-refractivity contribution is -0.147. The first-order chi connectivity index (χ1) is 26.9. The molecule has 0 saturated carbocycles. The first kappa shape index (κ1) is 52.3. The van der Waals surface area contributed by atoms with Gasteiger partial charge in [-0.25, -0.2) is 4.79 Å². The average molecular weight is 771 g/mol. The van der Waals surface area contributed by atoms with Crippen LogP contribution in [0.15, 0.2) is 48.6 Å². The molecular formula is C48H86N2O5. The Hall–Kier alpha value is -2.67. The third kappa shape index (κ3) is 39.4. The van der Waals surface area contributed by atoms with E-state index in [0.29, 0.717) is 32.2 Å². The molecule has 0 aromatic rings. The molecule has 0 fully saturated rings. The van der Waals surface area contributed by atoms with Crippen LogP contribution in [-0.2, 0) is 19.1 Å². The fourth-order valence-corrected chi connectivity index (χ4v) is 6.60. The first-order valence-corrected chi connectivity index (χ1v) is 23.0. The van der Waals surface area contributed by atoms with Crippen molar-refractivity contribution in [3.63, 3.8) is 0 Å². The van der Waals surface area contributed by atoms with Crippen molar-refractivity contribution < 1.29 is 24.2 Å². The molecule has 1 amide bonds. The maximum atomic E-state index is 12.8. The van der Waals surface area contributed by atoms with Gasteiger partial charge in [0.15, 0.2) is 0 Å². The van der Waals surface area contributed by atoms with Crippen LogP contribution < -0.4 is 11.1 Å². The number of rotatable bonds is 41. The van der Waals surface area contributed by atoms with E-state index >= 15 is 0 Å². The van der Waals surface area contributed by atoms with Gasteiger partial charge in [0.1, 0.15) is 12.1 Å². The lowest BCUT2D eigenvalue weighted by Gasteiger charge is -2.15. The molecule has 55 heavy (non-hydrogen) atoms. The van der Waals surface area contributed by atoms with Gasteiger partial charge in [-0.1, -0.05) is 159 Å². The van der Waals surface area contributed by atoms with Crippen molar-refractivity contribution in [1.82, 2.24) is 5.32 Å². The summed E-state index contributed by atoms with van der Waals surface area (Å²) in [5, 5.41) is 11.9. The van der Waals surface area contributed by atoms with Crippen LogP contribution in [0.3, 0.4) is 0 Å². The zero-order chi connectivity index (χ0) is 40.3. The fraction of sp³-hybridized carbons (Fsp3) is 0.771. The number of carboxylic acid groups (broad SMARTS) is 1. The summed E-state index contributed by atoms with van der Waals surface area (Å²) in [6.07, 6.45) is 51.7. The lowest BCUT2D eigenvalue weighted by atomic mass is 10.0. The number of hydrogen-bond donors (Lipinski definition) is 3. The molecule has 0 heterocycles. The van der Waals surface area contributed by atoms with Gasteiger partial charge in [0.25, 0.3) is 0 Å². The van der Waals surface area contributed by atoms with Crippen molar-refractivity contribution in [1.29, 1.82) is 0 Å². The molecule has 2 unspecified atom stereocenters. The summed E-state index contributed by atoms with van der Waals surface area (Å²) in [5.41, 5.74) is 5.48. The van der Waals surface area contributed by atoms with E-state index in [4.69, 9.17) is 10.5 Å². The molecule has 7 nitrogen and oxygen atoms in total. The molecular weight excluding hydrogens is 685 g/mol. The highest BCUT2D eigenvalue weighted by atomic mass is 16.5.